The second-order valence-corrected chi connectivity index (χ2v) is 31.0. The van der Waals surface area contributed by atoms with Crippen molar-refractivity contribution in [3.05, 3.63) is 24.3 Å². The standard InChI is InChI=1S/C88H169NO10/c1-3-5-7-9-11-13-15-17-18-19-41-45-48-52-56-60-64-68-72-76-84(93)97-77-73-69-65-61-57-53-49-46-43-40-38-36-34-32-30-28-26-24-22-20-21-23-25-27-29-31-33-35-37-39-42-44-47-51-55-59-63-67-71-75-83(92)89-80(79-98-88-87(96)86(95)85(94)82(78-90)99-88)81(91)74-70-66-62-58-54-50-16-14-12-10-8-6-4-2/h20-21,70,74,80-82,85-88,90-91,94-96H,3-19,22-69,71-73,75-79H2,1-2H3,(H,89,92)/b21-20-,74-70+. The van der Waals surface area contributed by atoms with E-state index in [9.17, 15) is 35.1 Å². The van der Waals surface area contributed by atoms with E-state index in [1.807, 2.05) is 6.08 Å². The minimum atomic E-state index is -1.57. The summed E-state index contributed by atoms with van der Waals surface area (Å²) in [6.07, 6.45) is 91.0. The Kier molecular flexibility index (Phi) is 74.2. The number of aliphatic hydroxyl groups excluding tert-OH is 5. The van der Waals surface area contributed by atoms with Crippen LogP contribution in [0.25, 0.3) is 0 Å². The number of rotatable bonds is 80. The molecule has 11 heteroatoms. The van der Waals surface area contributed by atoms with Crippen molar-refractivity contribution >= 4 is 11.9 Å². The molecule has 0 saturated carbocycles. The second-order valence-electron chi connectivity index (χ2n) is 31.0. The van der Waals surface area contributed by atoms with E-state index in [1.54, 1.807) is 6.08 Å². The predicted molar refractivity (Wildman–Crippen MR) is 421 cm³/mol. The van der Waals surface area contributed by atoms with Crippen molar-refractivity contribution < 1.29 is 49.3 Å². The van der Waals surface area contributed by atoms with Gasteiger partial charge in [0.2, 0.25) is 5.91 Å². The van der Waals surface area contributed by atoms with Gasteiger partial charge in [0.25, 0.3) is 0 Å². The zero-order chi connectivity index (χ0) is 71.5. The number of allylic oxidation sites excluding steroid dienone is 3. The van der Waals surface area contributed by atoms with Crippen LogP contribution >= 0.6 is 0 Å². The number of nitrogens with one attached hydrogen (secondary N) is 1. The van der Waals surface area contributed by atoms with E-state index in [0.717, 1.165) is 51.4 Å². The Bertz CT molecular complexity index is 1690. The molecule has 1 heterocycles. The molecule has 0 aromatic carbocycles. The van der Waals surface area contributed by atoms with Crippen molar-refractivity contribution in [2.45, 2.75) is 506 Å². The minimum Gasteiger partial charge on any atom is -0.466 e. The Balaban J connectivity index is 1.85. The van der Waals surface area contributed by atoms with Crippen molar-refractivity contribution in [2.24, 2.45) is 0 Å². The molecule has 0 aromatic heterocycles. The summed E-state index contributed by atoms with van der Waals surface area (Å²) in [6.45, 7) is 4.42. The van der Waals surface area contributed by atoms with E-state index >= 15 is 0 Å². The lowest BCUT2D eigenvalue weighted by Crippen LogP contribution is -2.60. The lowest BCUT2D eigenvalue weighted by Gasteiger charge is -2.40. The number of esters is 1. The van der Waals surface area contributed by atoms with Gasteiger partial charge in [0.1, 0.15) is 24.4 Å². The summed E-state index contributed by atoms with van der Waals surface area (Å²) in [6, 6.07) is -0.806. The quantitative estimate of drug-likeness (QED) is 0.0195. The summed E-state index contributed by atoms with van der Waals surface area (Å²) in [5, 5.41) is 54.6. The molecule has 0 bridgehead atoms. The Morgan fingerprint density at radius 1 is 0.364 bits per heavy atom. The van der Waals surface area contributed by atoms with E-state index in [1.165, 1.54) is 385 Å². The van der Waals surface area contributed by atoms with Gasteiger partial charge in [0.15, 0.2) is 6.29 Å². The number of aliphatic hydroxyl groups is 5. The molecule has 0 radical (unpaired) electrons. The van der Waals surface area contributed by atoms with Gasteiger partial charge in [-0.25, -0.2) is 0 Å². The van der Waals surface area contributed by atoms with Crippen LogP contribution in [0.3, 0.4) is 0 Å². The van der Waals surface area contributed by atoms with Crippen molar-refractivity contribution in [3.63, 3.8) is 0 Å². The third-order valence-electron chi connectivity index (χ3n) is 21.3. The van der Waals surface area contributed by atoms with Crippen LogP contribution in [-0.2, 0) is 23.8 Å². The molecule has 1 saturated heterocycles. The molecule has 1 amide bonds. The topological polar surface area (TPSA) is 175 Å². The van der Waals surface area contributed by atoms with Gasteiger partial charge in [-0.15, -0.1) is 0 Å². The summed E-state index contributed by atoms with van der Waals surface area (Å²) in [4.78, 5) is 25.2. The number of hydrogen-bond acceptors (Lipinski definition) is 10. The van der Waals surface area contributed by atoms with Gasteiger partial charge in [-0.1, -0.05) is 417 Å². The van der Waals surface area contributed by atoms with Gasteiger partial charge in [0, 0.05) is 12.8 Å². The molecule has 586 valence electrons. The van der Waals surface area contributed by atoms with Crippen LogP contribution in [-0.4, -0.2) is 100 Å². The molecule has 7 unspecified atom stereocenters. The van der Waals surface area contributed by atoms with Crippen LogP contribution in [0.5, 0.6) is 0 Å². The molecule has 7 atom stereocenters. The van der Waals surface area contributed by atoms with Crippen molar-refractivity contribution in [2.75, 3.05) is 19.8 Å². The van der Waals surface area contributed by atoms with Gasteiger partial charge in [-0.2, -0.15) is 0 Å². The highest BCUT2D eigenvalue weighted by Crippen LogP contribution is 2.24. The number of amides is 1. The number of hydrogen-bond donors (Lipinski definition) is 6. The molecule has 1 rings (SSSR count). The number of ether oxygens (including phenoxy) is 3. The first-order chi connectivity index (χ1) is 48.7. The largest absolute Gasteiger partial charge is 0.466 e. The maximum absolute atomic E-state index is 13.1. The molecule has 1 aliphatic heterocycles. The zero-order valence-corrected chi connectivity index (χ0v) is 65.7. The molecule has 99 heavy (non-hydrogen) atoms. The van der Waals surface area contributed by atoms with Crippen LogP contribution < -0.4 is 5.32 Å². The van der Waals surface area contributed by atoms with E-state index in [2.05, 4.69) is 31.3 Å². The van der Waals surface area contributed by atoms with Crippen LogP contribution in [0.2, 0.25) is 0 Å². The molecule has 1 aliphatic rings. The first-order valence-corrected chi connectivity index (χ1v) is 44.1. The van der Waals surface area contributed by atoms with Gasteiger partial charge in [-0.3, -0.25) is 9.59 Å². The maximum Gasteiger partial charge on any atom is 0.305 e. The van der Waals surface area contributed by atoms with E-state index in [4.69, 9.17) is 14.2 Å². The van der Waals surface area contributed by atoms with Gasteiger partial charge >= 0.3 is 5.97 Å². The highest BCUT2D eigenvalue weighted by atomic mass is 16.7. The number of unbranched alkanes of at least 4 members (excludes halogenated alkanes) is 64. The zero-order valence-electron chi connectivity index (χ0n) is 65.7. The molecule has 0 aromatic rings. The average molecular weight is 1400 g/mol. The summed E-state index contributed by atoms with van der Waals surface area (Å²) in [7, 11) is 0. The fourth-order valence-corrected chi connectivity index (χ4v) is 14.4. The van der Waals surface area contributed by atoms with E-state index in [-0.39, 0.29) is 18.5 Å². The van der Waals surface area contributed by atoms with Gasteiger partial charge < -0.3 is 45.1 Å². The average Bonchev–Trinajstić information content (AvgIpc) is 0.834. The predicted octanol–water partition coefficient (Wildman–Crippen LogP) is 24.7. The minimum absolute atomic E-state index is 0.0228. The Morgan fingerprint density at radius 2 is 0.646 bits per heavy atom. The van der Waals surface area contributed by atoms with E-state index in [0.29, 0.717) is 19.4 Å². The van der Waals surface area contributed by atoms with Gasteiger partial charge in [0.05, 0.1) is 32.0 Å². The lowest BCUT2D eigenvalue weighted by atomic mass is 9.99. The van der Waals surface area contributed by atoms with Crippen molar-refractivity contribution in [1.82, 2.24) is 5.32 Å². The van der Waals surface area contributed by atoms with Crippen LogP contribution in [0.15, 0.2) is 24.3 Å². The van der Waals surface area contributed by atoms with Crippen LogP contribution in [0.4, 0.5) is 0 Å². The summed E-state index contributed by atoms with van der Waals surface area (Å²) < 4.78 is 16.8. The summed E-state index contributed by atoms with van der Waals surface area (Å²) in [5.74, 6) is -0.151. The summed E-state index contributed by atoms with van der Waals surface area (Å²) >= 11 is 0. The monoisotopic (exact) mass is 1400 g/mol. The lowest BCUT2D eigenvalue weighted by molar-refractivity contribution is -0.302. The van der Waals surface area contributed by atoms with Crippen molar-refractivity contribution in [3.8, 4) is 0 Å². The summed E-state index contributed by atoms with van der Waals surface area (Å²) in [5.41, 5.74) is 0. The molecule has 6 N–H and O–H groups in total. The molecule has 1 fully saturated rings. The van der Waals surface area contributed by atoms with E-state index < -0.39 is 49.5 Å². The SMILES string of the molecule is CCCCCCCCCCCCC/C=C/C(O)C(COC1OC(CO)C(O)C(O)C1O)NC(=O)CCCCCCCCCCCCCCCCCCC/C=C\CCCCCCCCCCCCCCCCCCCCOC(=O)CCCCCCCCCCCCCCCCCCCCC. The highest BCUT2D eigenvalue weighted by Gasteiger charge is 2.44. The van der Waals surface area contributed by atoms with Crippen molar-refractivity contribution in [1.29, 1.82) is 0 Å². The Labute approximate surface area is 613 Å². The Hall–Kier alpha value is -1.86. The Morgan fingerprint density at radius 3 is 0.970 bits per heavy atom. The molecule has 0 spiro atoms. The number of carbonyl (C=O) groups excluding carboxylic acids is 2. The molecular weight excluding hydrogens is 1230 g/mol. The normalized spacial score (nSPS) is 17.2. The fraction of sp³-hybridized carbons (Fsp3) is 0.932. The molecular formula is C88H169NO10. The highest BCUT2D eigenvalue weighted by molar-refractivity contribution is 5.76. The molecule has 0 aliphatic carbocycles. The smallest absolute Gasteiger partial charge is 0.305 e. The number of carbonyl (C=O) groups is 2. The maximum atomic E-state index is 13.1. The molecule has 11 nitrogen and oxygen atoms in total. The first-order valence-electron chi connectivity index (χ1n) is 44.1. The first kappa shape index (κ1) is 95.2. The third-order valence-corrected chi connectivity index (χ3v) is 21.3. The van der Waals surface area contributed by atoms with Gasteiger partial charge in [-0.05, 0) is 57.8 Å². The van der Waals surface area contributed by atoms with Crippen LogP contribution in [0.1, 0.15) is 463 Å². The third kappa shape index (κ3) is 65.4. The van der Waals surface area contributed by atoms with Crippen LogP contribution in [0, 0.1) is 0 Å². The fourth-order valence-electron chi connectivity index (χ4n) is 14.4. The second kappa shape index (κ2) is 77.2.